The fourth-order valence-electron chi connectivity index (χ4n) is 2.80. The molecule has 1 aromatic heterocycles. The minimum Gasteiger partial charge on any atom is -0.497 e. The van der Waals surface area contributed by atoms with Crippen molar-refractivity contribution >= 4 is 0 Å². The van der Waals surface area contributed by atoms with E-state index < -0.39 is 0 Å². The number of aromatic nitrogens is 2. The number of hydrogen-bond donors (Lipinski definition) is 0. The summed E-state index contributed by atoms with van der Waals surface area (Å²) in [5.74, 6) is 2.29. The van der Waals surface area contributed by atoms with Crippen LogP contribution in [0.2, 0.25) is 0 Å². The van der Waals surface area contributed by atoms with Gasteiger partial charge in [0.15, 0.2) is 5.82 Å². The van der Waals surface area contributed by atoms with Crippen molar-refractivity contribution < 1.29 is 9.26 Å². The van der Waals surface area contributed by atoms with Gasteiger partial charge in [0, 0.05) is 6.04 Å². The molecule has 3 rings (SSSR count). The van der Waals surface area contributed by atoms with Gasteiger partial charge in [-0.15, -0.1) is 0 Å². The highest BCUT2D eigenvalue weighted by Crippen LogP contribution is 2.33. The highest BCUT2D eigenvalue weighted by molar-refractivity contribution is 5.29. The lowest BCUT2D eigenvalue weighted by atomic mass is 10.0. The van der Waals surface area contributed by atoms with E-state index in [2.05, 4.69) is 27.2 Å². The summed E-state index contributed by atoms with van der Waals surface area (Å²) in [7, 11) is 1.69. The Labute approximate surface area is 118 Å². The summed E-state index contributed by atoms with van der Waals surface area (Å²) >= 11 is 0. The van der Waals surface area contributed by atoms with Gasteiger partial charge in [0.1, 0.15) is 5.75 Å². The minimum absolute atomic E-state index is 0.424. The number of methoxy groups -OCH3 is 1. The van der Waals surface area contributed by atoms with Crippen LogP contribution in [0.3, 0.4) is 0 Å². The van der Waals surface area contributed by atoms with E-state index in [-0.39, 0.29) is 0 Å². The van der Waals surface area contributed by atoms with Crippen LogP contribution in [0.1, 0.15) is 36.2 Å². The third-order valence-corrected chi connectivity index (χ3v) is 3.77. The predicted octanol–water partition coefficient (Wildman–Crippen LogP) is 2.72. The van der Waals surface area contributed by atoms with Crippen molar-refractivity contribution in [1.82, 2.24) is 15.0 Å². The molecule has 20 heavy (non-hydrogen) atoms. The molecule has 0 saturated carbocycles. The van der Waals surface area contributed by atoms with Gasteiger partial charge < -0.3 is 9.26 Å². The molecule has 2 aromatic rings. The quantitative estimate of drug-likeness (QED) is 0.857. The second-order valence-corrected chi connectivity index (χ2v) is 5.14. The summed E-state index contributed by atoms with van der Waals surface area (Å²) in [6.07, 6.45) is 2.36. The Morgan fingerprint density at radius 3 is 2.80 bits per heavy atom. The van der Waals surface area contributed by atoms with Gasteiger partial charge in [-0.1, -0.05) is 17.3 Å². The highest BCUT2D eigenvalue weighted by Gasteiger charge is 2.27. The molecule has 5 heteroatoms. The standard InChI is InChI=1S/C15H19N3O2/c1-11-16-15(20-17-11)10-18-9-3-4-14(18)12-5-7-13(19-2)8-6-12/h5-8,14H,3-4,9-10H2,1-2H3/t14-/m1/s1. The monoisotopic (exact) mass is 273 g/mol. The van der Waals surface area contributed by atoms with Crippen molar-refractivity contribution in [3.63, 3.8) is 0 Å². The molecule has 1 aliphatic heterocycles. The fraction of sp³-hybridized carbons (Fsp3) is 0.467. The molecule has 1 aromatic carbocycles. The van der Waals surface area contributed by atoms with Gasteiger partial charge in [-0.2, -0.15) is 4.98 Å². The average molecular weight is 273 g/mol. The van der Waals surface area contributed by atoms with Gasteiger partial charge in [0.05, 0.1) is 13.7 Å². The molecule has 0 amide bonds. The summed E-state index contributed by atoms with van der Waals surface area (Å²) < 4.78 is 10.4. The molecule has 1 atom stereocenters. The summed E-state index contributed by atoms with van der Waals surface area (Å²) in [5.41, 5.74) is 1.32. The molecule has 0 N–H and O–H groups in total. The molecule has 1 aliphatic rings. The maximum Gasteiger partial charge on any atom is 0.240 e. The first-order valence-corrected chi connectivity index (χ1v) is 6.93. The van der Waals surface area contributed by atoms with E-state index in [4.69, 9.17) is 9.26 Å². The van der Waals surface area contributed by atoms with Crippen LogP contribution in [0.5, 0.6) is 5.75 Å². The first kappa shape index (κ1) is 13.1. The van der Waals surface area contributed by atoms with E-state index >= 15 is 0 Å². The Bertz CT molecular complexity index is 565. The molecule has 106 valence electrons. The maximum absolute atomic E-state index is 5.22. The van der Waals surface area contributed by atoms with E-state index in [1.807, 2.05) is 19.1 Å². The first-order valence-electron chi connectivity index (χ1n) is 6.93. The molecule has 1 saturated heterocycles. The van der Waals surface area contributed by atoms with Crippen LogP contribution in [0, 0.1) is 6.92 Å². The Balaban J connectivity index is 1.74. The molecular weight excluding hydrogens is 254 g/mol. The van der Waals surface area contributed by atoms with Gasteiger partial charge in [0.25, 0.3) is 0 Å². The first-order chi connectivity index (χ1) is 9.76. The topological polar surface area (TPSA) is 51.4 Å². The van der Waals surface area contributed by atoms with E-state index in [0.29, 0.717) is 17.8 Å². The van der Waals surface area contributed by atoms with E-state index in [0.717, 1.165) is 18.8 Å². The largest absolute Gasteiger partial charge is 0.497 e. The van der Waals surface area contributed by atoms with Crippen LogP contribution in [-0.2, 0) is 6.54 Å². The van der Waals surface area contributed by atoms with E-state index in [9.17, 15) is 0 Å². The van der Waals surface area contributed by atoms with Crippen molar-refractivity contribution in [2.75, 3.05) is 13.7 Å². The molecule has 5 nitrogen and oxygen atoms in total. The van der Waals surface area contributed by atoms with Crippen molar-refractivity contribution in [3.8, 4) is 5.75 Å². The smallest absolute Gasteiger partial charge is 0.240 e. The van der Waals surface area contributed by atoms with Gasteiger partial charge >= 0.3 is 0 Å². The number of benzene rings is 1. The van der Waals surface area contributed by atoms with Crippen LogP contribution >= 0.6 is 0 Å². The lowest BCUT2D eigenvalue weighted by Crippen LogP contribution is -2.22. The zero-order chi connectivity index (χ0) is 13.9. The molecule has 0 spiro atoms. The van der Waals surface area contributed by atoms with Crippen LogP contribution < -0.4 is 4.74 Å². The lowest BCUT2D eigenvalue weighted by molar-refractivity contribution is 0.212. The normalized spacial score (nSPS) is 19.4. The molecule has 0 aliphatic carbocycles. The third-order valence-electron chi connectivity index (χ3n) is 3.77. The van der Waals surface area contributed by atoms with E-state index in [1.54, 1.807) is 7.11 Å². The SMILES string of the molecule is COc1ccc([C@H]2CCCN2Cc2nc(C)no2)cc1. The maximum atomic E-state index is 5.22. The van der Waals surface area contributed by atoms with Gasteiger partial charge in [0.2, 0.25) is 5.89 Å². The number of likely N-dealkylation sites (tertiary alicyclic amines) is 1. The van der Waals surface area contributed by atoms with Gasteiger partial charge in [-0.3, -0.25) is 4.90 Å². The Kier molecular flexibility index (Phi) is 3.69. The second kappa shape index (κ2) is 5.63. The minimum atomic E-state index is 0.424. The van der Waals surface area contributed by atoms with Crippen molar-refractivity contribution in [1.29, 1.82) is 0 Å². The molecule has 0 unspecified atom stereocenters. The molecule has 1 fully saturated rings. The summed E-state index contributed by atoms with van der Waals surface area (Å²) in [6.45, 7) is 3.63. The summed E-state index contributed by atoms with van der Waals surface area (Å²) in [5, 5.41) is 3.85. The Morgan fingerprint density at radius 1 is 1.35 bits per heavy atom. The lowest BCUT2D eigenvalue weighted by Gasteiger charge is -2.23. The predicted molar refractivity (Wildman–Crippen MR) is 74.4 cm³/mol. The zero-order valence-corrected chi connectivity index (χ0v) is 11.9. The Morgan fingerprint density at radius 2 is 2.15 bits per heavy atom. The third kappa shape index (κ3) is 2.67. The van der Waals surface area contributed by atoms with Crippen molar-refractivity contribution in [3.05, 3.63) is 41.5 Å². The zero-order valence-electron chi connectivity index (χ0n) is 11.9. The second-order valence-electron chi connectivity index (χ2n) is 5.14. The number of aryl methyl sites for hydroxylation is 1. The number of rotatable bonds is 4. The van der Waals surface area contributed by atoms with Crippen molar-refractivity contribution in [2.45, 2.75) is 32.4 Å². The van der Waals surface area contributed by atoms with Crippen LogP contribution in [0.4, 0.5) is 0 Å². The Hall–Kier alpha value is -1.88. The number of hydrogen-bond acceptors (Lipinski definition) is 5. The van der Waals surface area contributed by atoms with E-state index in [1.165, 1.54) is 18.4 Å². The van der Waals surface area contributed by atoms with Crippen LogP contribution in [-0.4, -0.2) is 28.7 Å². The van der Waals surface area contributed by atoms with Crippen molar-refractivity contribution in [2.24, 2.45) is 0 Å². The molecule has 0 bridgehead atoms. The molecule has 0 radical (unpaired) electrons. The fourth-order valence-corrected chi connectivity index (χ4v) is 2.80. The number of nitrogens with zero attached hydrogens (tertiary/aromatic N) is 3. The van der Waals surface area contributed by atoms with Crippen LogP contribution in [0.15, 0.2) is 28.8 Å². The number of ether oxygens (including phenoxy) is 1. The summed E-state index contributed by atoms with van der Waals surface area (Å²) in [4.78, 5) is 6.69. The van der Waals surface area contributed by atoms with Crippen LogP contribution in [0.25, 0.3) is 0 Å². The molecular formula is C15H19N3O2. The van der Waals surface area contributed by atoms with Gasteiger partial charge in [-0.25, -0.2) is 0 Å². The average Bonchev–Trinajstić information content (AvgIpc) is 3.09. The molecule has 2 heterocycles. The summed E-state index contributed by atoms with van der Waals surface area (Å²) in [6, 6.07) is 8.74. The van der Waals surface area contributed by atoms with Gasteiger partial charge in [-0.05, 0) is 44.0 Å². The highest BCUT2D eigenvalue weighted by atomic mass is 16.5.